The molecule has 1 amide bonds. The lowest BCUT2D eigenvalue weighted by atomic mass is 9.96. The van der Waals surface area contributed by atoms with Crippen LogP contribution in [0, 0.1) is 11.6 Å². The second kappa shape index (κ2) is 7.44. The normalized spacial score (nSPS) is 16.1. The molecule has 0 unspecified atom stereocenters. The molecule has 24 heavy (non-hydrogen) atoms. The largest absolute Gasteiger partial charge is 0.322 e. The number of carbonyl (C=O) groups excluding carboxylic acids is 1. The van der Waals surface area contributed by atoms with Crippen LogP contribution < -0.4 is 5.32 Å². The Morgan fingerprint density at radius 1 is 1.21 bits per heavy atom. The van der Waals surface area contributed by atoms with Crippen molar-refractivity contribution in [2.45, 2.75) is 18.8 Å². The summed E-state index contributed by atoms with van der Waals surface area (Å²) < 4.78 is 26.4. The maximum Gasteiger partial charge on any atom is 0.238 e. The number of anilines is 1. The molecular weight excluding hydrogens is 314 g/mol. The van der Waals surface area contributed by atoms with Crippen LogP contribution in [0.15, 0.2) is 36.7 Å². The highest BCUT2D eigenvalue weighted by molar-refractivity contribution is 5.92. The number of halogens is 2. The van der Waals surface area contributed by atoms with Crippen LogP contribution >= 0.6 is 0 Å². The lowest BCUT2D eigenvalue weighted by molar-refractivity contribution is -0.117. The number of amides is 1. The highest BCUT2D eigenvalue weighted by Gasteiger charge is 2.23. The number of nitrogens with zero attached hydrogens (tertiary/aromatic N) is 3. The maximum absolute atomic E-state index is 13.5. The summed E-state index contributed by atoms with van der Waals surface area (Å²) in [6.07, 6.45) is 5.23. The molecule has 1 aliphatic heterocycles. The number of rotatable bonds is 4. The SMILES string of the molecule is O=C(CN1CCC(c2ncccn2)CC1)Nc1ccc(F)cc1F. The van der Waals surface area contributed by atoms with Gasteiger partial charge in [0.2, 0.25) is 5.91 Å². The Hall–Kier alpha value is -2.41. The van der Waals surface area contributed by atoms with Crippen LogP contribution in [0.3, 0.4) is 0 Å². The van der Waals surface area contributed by atoms with Crippen molar-refractivity contribution in [1.29, 1.82) is 0 Å². The number of benzene rings is 1. The minimum atomic E-state index is -0.775. The average Bonchev–Trinajstić information content (AvgIpc) is 2.59. The van der Waals surface area contributed by atoms with E-state index in [1.807, 2.05) is 4.90 Å². The van der Waals surface area contributed by atoms with Crippen LogP contribution in [0.4, 0.5) is 14.5 Å². The number of piperidine rings is 1. The van der Waals surface area contributed by atoms with Gasteiger partial charge in [-0.2, -0.15) is 0 Å². The smallest absolute Gasteiger partial charge is 0.238 e. The van der Waals surface area contributed by atoms with Crippen LogP contribution in [0.5, 0.6) is 0 Å². The number of hydrogen-bond acceptors (Lipinski definition) is 4. The molecule has 1 fully saturated rings. The molecule has 1 aromatic carbocycles. The third kappa shape index (κ3) is 4.11. The van der Waals surface area contributed by atoms with Crippen LogP contribution in [0.1, 0.15) is 24.6 Å². The Morgan fingerprint density at radius 2 is 1.92 bits per heavy atom. The fourth-order valence-electron chi connectivity index (χ4n) is 2.85. The van der Waals surface area contributed by atoms with Crippen molar-refractivity contribution in [2.75, 3.05) is 25.0 Å². The Bertz CT molecular complexity index is 703. The van der Waals surface area contributed by atoms with E-state index < -0.39 is 11.6 Å². The molecule has 5 nitrogen and oxygen atoms in total. The van der Waals surface area contributed by atoms with E-state index in [-0.39, 0.29) is 18.1 Å². The van der Waals surface area contributed by atoms with Gasteiger partial charge < -0.3 is 5.32 Å². The zero-order chi connectivity index (χ0) is 16.9. The summed E-state index contributed by atoms with van der Waals surface area (Å²) in [7, 11) is 0. The predicted octanol–water partition coefficient (Wildman–Crippen LogP) is 2.57. The first-order valence-electron chi connectivity index (χ1n) is 7.86. The first-order valence-corrected chi connectivity index (χ1v) is 7.86. The van der Waals surface area contributed by atoms with Crippen molar-refractivity contribution < 1.29 is 13.6 Å². The molecule has 0 saturated carbocycles. The zero-order valence-corrected chi connectivity index (χ0v) is 13.1. The van der Waals surface area contributed by atoms with Gasteiger partial charge in [-0.1, -0.05) is 0 Å². The predicted molar refractivity (Wildman–Crippen MR) is 85.4 cm³/mol. The number of carbonyl (C=O) groups is 1. The lowest BCUT2D eigenvalue weighted by Crippen LogP contribution is -2.39. The van der Waals surface area contributed by atoms with E-state index in [1.165, 1.54) is 6.07 Å². The number of hydrogen-bond donors (Lipinski definition) is 1. The molecule has 0 atom stereocenters. The first-order chi connectivity index (χ1) is 11.6. The highest BCUT2D eigenvalue weighted by atomic mass is 19.1. The highest BCUT2D eigenvalue weighted by Crippen LogP contribution is 2.25. The molecule has 2 heterocycles. The minimum absolute atomic E-state index is 0.00558. The molecule has 0 spiro atoms. The first kappa shape index (κ1) is 16.4. The van der Waals surface area contributed by atoms with Gasteiger partial charge in [-0.25, -0.2) is 18.7 Å². The standard InChI is InChI=1S/C17H18F2N4O/c18-13-2-3-15(14(19)10-13)22-16(24)11-23-8-4-12(5-9-23)17-20-6-1-7-21-17/h1-3,6-7,10,12H,4-5,8-9,11H2,(H,22,24). The van der Waals surface area contributed by atoms with Crippen molar-refractivity contribution in [1.82, 2.24) is 14.9 Å². The van der Waals surface area contributed by atoms with Gasteiger partial charge in [-0.15, -0.1) is 0 Å². The number of nitrogens with one attached hydrogen (secondary N) is 1. The van der Waals surface area contributed by atoms with Crippen molar-refractivity contribution in [3.8, 4) is 0 Å². The molecule has 7 heteroatoms. The van der Waals surface area contributed by atoms with Crippen LogP contribution in [0.2, 0.25) is 0 Å². The molecule has 2 aromatic rings. The molecule has 0 radical (unpaired) electrons. The summed E-state index contributed by atoms with van der Waals surface area (Å²) in [6, 6.07) is 4.88. The van der Waals surface area contributed by atoms with Crippen molar-refractivity contribution in [2.24, 2.45) is 0 Å². The lowest BCUT2D eigenvalue weighted by Gasteiger charge is -2.30. The van der Waals surface area contributed by atoms with E-state index >= 15 is 0 Å². The third-order valence-corrected chi connectivity index (χ3v) is 4.11. The minimum Gasteiger partial charge on any atom is -0.322 e. The maximum atomic E-state index is 13.5. The average molecular weight is 332 g/mol. The van der Waals surface area contributed by atoms with Crippen LogP contribution in [-0.2, 0) is 4.79 Å². The monoisotopic (exact) mass is 332 g/mol. The molecule has 1 aromatic heterocycles. The summed E-state index contributed by atoms with van der Waals surface area (Å²) in [5.74, 6) is -0.607. The molecule has 0 bridgehead atoms. The van der Waals surface area contributed by atoms with E-state index in [0.29, 0.717) is 5.92 Å². The Kier molecular flexibility index (Phi) is 5.10. The van der Waals surface area contributed by atoms with Crippen LogP contribution in [-0.4, -0.2) is 40.4 Å². The molecular formula is C17H18F2N4O. The van der Waals surface area contributed by atoms with Gasteiger partial charge in [-0.3, -0.25) is 9.69 Å². The quantitative estimate of drug-likeness (QED) is 0.935. The van der Waals surface area contributed by atoms with Gasteiger partial charge in [0.1, 0.15) is 17.5 Å². The Balaban J connectivity index is 1.50. The van der Waals surface area contributed by atoms with E-state index in [4.69, 9.17) is 0 Å². The summed E-state index contributed by atoms with van der Waals surface area (Å²) in [5.41, 5.74) is -0.00558. The van der Waals surface area contributed by atoms with Crippen molar-refractivity contribution >= 4 is 11.6 Å². The Labute approximate surface area is 138 Å². The van der Waals surface area contributed by atoms with Gasteiger partial charge in [0, 0.05) is 24.4 Å². The molecule has 0 aliphatic carbocycles. The van der Waals surface area contributed by atoms with E-state index in [9.17, 15) is 13.6 Å². The molecule has 1 saturated heterocycles. The second-order valence-corrected chi connectivity index (χ2v) is 5.83. The zero-order valence-electron chi connectivity index (χ0n) is 13.1. The number of likely N-dealkylation sites (tertiary alicyclic amines) is 1. The third-order valence-electron chi connectivity index (χ3n) is 4.11. The van der Waals surface area contributed by atoms with Gasteiger partial charge in [0.05, 0.1) is 12.2 Å². The molecule has 3 rings (SSSR count). The summed E-state index contributed by atoms with van der Waals surface area (Å²) in [5, 5.41) is 2.48. The summed E-state index contributed by atoms with van der Waals surface area (Å²) in [4.78, 5) is 22.6. The van der Waals surface area contributed by atoms with E-state index in [1.54, 1.807) is 18.5 Å². The summed E-state index contributed by atoms with van der Waals surface area (Å²) >= 11 is 0. The van der Waals surface area contributed by atoms with Crippen molar-refractivity contribution in [3.63, 3.8) is 0 Å². The van der Waals surface area contributed by atoms with E-state index in [0.717, 1.165) is 43.9 Å². The topological polar surface area (TPSA) is 58.1 Å². The molecule has 126 valence electrons. The van der Waals surface area contributed by atoms with Gasteiger partial charge >= 0.3 is 0 Å². The molecule has 1 aliphatic rings. The fraction of sp³-hybridized carbons (Fsp3) is 0.353. The van der Waals surface area contributed by atoms with Gasteiger partial charge in [-0.05, 0) is 44.1 Å². The van der Waals surface area contributed by atoms with Gasteiger partial charge in [0.25, 0.3) is 0 Å². The van der Waals surface area contributed by atoms with Gasteiger partial charge in [0.15, 0.2) is 0 Å². The van der Waals surface area contributed by atoms with Crippen molar-refractivity contribution in [3.05, 3.63) is 54.1 Å². The fourth-order valence-corrected chi connectivity index (χ4v) is 2.85. The Morgan fingerprint density at radius 3 is 2.58 bits per heavy atom. The second-order valence-electron chi connectivity index (χ2n) is 5.83. The molecule has 1 N–H and O–H groups in total. The summed E-state index contributed by atoms with van der Waals surface area (Å²) in [6.45, 7) is 1.68. The van der Waals surface area contributed by atoms with E-state index in [2.05, 4.69) is 15.3 Å². The van der Waals surface area contributed by atoms with Crippen LogP contribution in [0.25, 0.3) is 0 Å². The number of aromatic nitrogens is 2.